The zero-order valence-corrected chi connectivity index (χ0v) is 43.7. The summed E-state index contributed by atoms with van der Waals surface area (Å²) in [5, 5.41) is 141. The Morgan fingerprint density at radius 3 is 1.88 bits per heavy atom. The number of aliphatic hydroxyl groups excluding tert-OH is 13. The van der Waals surface area contributed by atoms with Crippen molar-refractivity contribution in [3.8, 4) is 0 Å². The second-order valence-electron chi connectivity index (χ2n) is 24.8. The van der Waals surface area contributed by atoms with Gasteiger partial charge in [-0.1, -0.05) is 46.3 Å². The van der Waals surface area contributed by atoms with Gasteiger partial charge in [-0.15, -0.1) is 0 Å². The molecule has 73 heavy (non-hydrogen) atoms. The fourth-order valence-electron chi connectivity index (χ4n) is 15.7. The molecule has 0 aromatic heterocycles. The number of fused-ring (bicyclic) bond motifs is 5. The molecule has 0 unspecified atom stereocenters. The highest BCUT2D eigenvalue weighted by atomic mass is 16.7. The first kappa shape index (κ1) is 58.1. The van der Waals surface area contributed by atoms with Gasteiger partial charge in [0.15, 0.2) is 25.2 Å². The third-order valence-corrected chi connectivity index (χ3v) is 20.1. The number of aliphatic hydroxyl groups is 13. The van der Waals surface area contributed by atoms with Gasteiger partial charge in [0, 0.05) is 0 Å². The summed E-state index contributed by atoms with van der Waals surface area (Å²) in [5.41, 5.74) is -1.15. The minimum atomic E-state index is -1.74. The summed E-state index contributed by atoms with van der Waals surface area (Å²) < 4.78 is 47.9. The number of allylic oxidation sites excluding steroid dienone is 2. The van der Waals surface area contributed by atoms with Crippen LogP contribution in [0.25, 0.3) is 0 Å². The lowest BCUT2D eigenvalue weighted by atomic mass is 9.35. The molecule has 0 aromatic rings. The summed E-state index contributed by atoms with van der Waals surface area (Å²) in [4.78, 5) is 0. The quantitative estimate of drug-likeness (QED) is 0.0739. The molecule has 21 heteroatoms. The van der Waals surface area contributed by atoms with Gasteiger partial charge in [0.25, 0.3) is 0 Å². The normalized spacial score (nSPS) is 52.8. The van der Waals surface area contributed by atoms with Crippen LogP contribution in [-0.2, 0) is 37.9 Å². The Balaban J connectivity index is 0.965. The predicted octanol–water partition coefficient (Wildman–Crippen LogP) is -0.924. The van der Waals surface area contributed by atoms with Crippen molar-refractivity contribution in [1.82, 2.24) is 0 Å². The highest BCUT2D eigenvalue weighted by molar-refractivity contribution is 5.20. The standard InChI is InChI=1S/C52H88O21/c1-23(2)10-9-14-52(8,73-47-43(65)39(61)36(58)28(71-47)21-67-44-41(63)37(59)29(22-68-44)70-45-40(62)34(56)26(55)20-66-45)24-11-16-51(7)33(24)25(54)18-31-49(5)15-13-32(48(3,4)30(49)12-17-50(31,51)6)72-46-42(64)38(60)35(57)27(19-53)69-46/h10,24-47,53-65H,9,11-22H2,1-8H3/t24-,25+,26+,27-,28+,29-,30+,31-,32+,33+,34+,35-,36-,37+,38-,39+,40+,41-,42+,43-,44-,45-,46-,47+,49-,50-,51+,52+/m1/s1. The van der Waals surface area contributed by atoms with Crippen LogP contribution in [0.15, 0.2) is 11.6 Å². The van der Waals surface area contributed by atoms with Crippen LogP contribution in [0.1, 0.15) is 113 Å². The molecule has 21 nitrogen and oxygen atoms in total. The molecular weight excluding hydrogens is 961 g/mol. The summed E-state index contributed by atoms with van der Waals surface area (Å²) in [6, 6.07) is 0. The van der Waals surface area contributed by atoms with Gasteiger partial charge in [0.2, 0.25) is 0 Å². The van der Waals surface area contributed by atoms with E-state index in [1.807, 2.05) is 20.8 Å². The van der Waals surface area contributed by atoms with Crippen LogP contribution in [0.5, 0.6) is 0 Å². The molecule has 0 spiro atoms. The van der Waals surface area contributed by atoms with Gasteiger partial charge in [-0.25, -0.2) is 0 Å². The Bertz CT molecular complexity index is 1890. The molecule has 4 saturated carbocycles. The van der Waals surface area contributed by atoms with Gasteiger partial charge in [-0.3, -0.25) is 0 Å². The van der Waals surface area contributed by atoms with Crippen LogP contribution in [0.3, 0.4) is 0 Å². The summed E-state index contributed by atoms with van der Waals surface area (Å²) >= 11 is 0. The molecule has 8 rings (SSSR count). The van der Waals surface area contributed by atoms with Gasteiger partial charge in [0.1, 0.15) is 85.5 Å². The molecule has 0 aromatic carbocycles. The molecule has 4 aliphatic carbocycles. The van der Waals surface area contributed by atoms with E-state index in [1.54, 1.807) is 0 Å². The first-order valence-corrected chi connectivity index (χ1v) is 26.7. The summed E-state index contributed by atoms with van der Waals surface area (Å²) in [6.07, 6.45) is -19.4. The number of ether oxygens (including phenoxy) is 8. The average molecular weight is 1050 g/mol. The van der Waals surface area contributed by atoms with Gasteiger partial charge in [-0.05, 0) is 124 Å². The fraction of sp³-hybridized carbons (Fsp3) is 0.962. The monoisotopic (exact) mass is 1050 g/mol. The van der Waals surface area contributed by atoms with Crippen LogP contribution in [0, 0.1) is 45.3 Å². The Morgan fingerprint density at radius 1 is 0.603 bits per heavy atom. The van der Waals surface area contributed by atoms with Crippen LogP contribution in [0.4, 0.5) is 0 Å². The van der Waals surface area contributed by atoms with E-state index in [2.05, 4.69) is 40.7 Å². The Morgan fingerprint density at radius 2 is 1.21 bits per heavy atom. The highest BCUT2D eigenvalue weighted by Gasteiger charge is 2.72. The summed E-state index contributed by atoms with van der Waals surface area (Å²) in [6.45, 7) is 15.7. The van der Waals surface area contributed by atoms with Crippen LogP contribution in [-0.4, -0.2) is 221 Å². The van der Waals surface area contributed by atoms with Crippen molar-refractivity contribution in [2.75, 3.05) is 26.4 Å². The van der Waals surface area contributed by atoms with Gasteiger partial charge in [0.05, 0.1) is 44.2 Å². The van der Waals surface area contributed by atoms with E-state index in [4.69, 9.17) is 37.9 Å². The molecule has 8 fully saturated rings. The molecule has 13 N–H and O–H groups in total. The minimum Gasteiger partial charge on any atom is -0.394 e. The summed E-state index contributed by atoms with van der Waals surface area (Å²) in [7, 11) is 0. The van der Waals surface area contributed by atoms with Crippen molar-refractivity contribution < 1.29 is 104 Å². The first-order valence-electron chi connectivity index (χ1n) is 26.7. The Kier molecular flexibility index (Phi) is 17.4. The average Bonchev–Trinajstić information content (AvgIpc) is 3.72. The molecule has 4 heterocycles. The smallest absolute Gasteiger partial charge is 0.187 e. The number of rotatable bonds is 14. The molecule has 0 radical (unpaired) electrons. The molecule has 8 aliphatic rings. The second-order valence-corrected chi connectivity index (χ2v) is 24.8. The maximum Gasteiger partial charge on any atom is 0.187 e. The highest BCUT2D eigenvalue weighted by Crippen LogP contribution is 2.76. The molecule has 4 saturated heterocycles. The van der Waals surface area contributed by atoms with Crippen molar-refractivity contribution >= 4 is 0 Å². The van der Waals surface area contributed by atoms with E-state index >= 15 is 0 Å². The minimum absolute atomic E-state index is 0.119. The van der Waals surface area contributed by atoms with E-state index in [-0.39, 0.29) is 59.2 Å². The van der Waals surface area contributed by atoms with Crippen molar-refractivity contribution in [3.63, 3.8) is 0 Å². The van der Waals surface area contributed by atoms with Gasteiger partial charge < -0.3 is 104 Å². The SMILES string of the molecule is CC(C)=CCC[C@](C)(O[C@@H]1O[C@@H](CO[C@@H]2OC[C@@H](O[C@H]3OC[C@H](O)[C@H](O)[C@@H]3O)[C@H](O)[C@H]2O)[C@@H](O)[C@H](O)[C@H]1O)[C@@H]1CC[C@@]2(C)[C@@H]1[C@@H](O)C[C@@H]1[C@]3(C)CC[C@H](O[C@H]4O[C@H](CO)[C@@H](O)[C@@H](O)[C@@H]4O)C(C)(C)[C@@H]3CC[C@]12C. The zero-order valence-electron chi connectivity index (χ0n) is 43.7. The van der Waals surface area contributed by atoms with E-state index in [0.717, 1.165) is 31.3 Å². The van der Waals surface area contributed by atoms with E-state index < -0.39 is 141 Å². The third-order valence-electron chi connectivity index (χ3n) is 20.1. The van der Waals surface area contributed by atoms with Crippen molar-refractivity contribution in [2.45, 2.75) is 242 Å². The van der Waals surface area contributed by atoms with E-state index in [0.29, 0.717) is 32.1 Å². The Hall–Kier alpha value is -1.10. The second kappa shape index (κ2) is 21.9. The van der Waals surface area contributed by atoms with Gasteiger partial charge in [-0.2, -0.15) is 0 Å². The van der Waals surface area contributed by atoms with Crippen molar-refractivity contribution in [3.05, 3.63) is 11.6 Å². The summed E-state index contributed by atoms with van der Waals surface area (Å²) in [5.74, 6) is -0.186. The number of hydrogen-bond acceptors (Lipinski definition) is 21. The van der Waals surface area contributed by atoms with Crippen LogP contribution < -0.4 is 0 Å². The molecule has 0 amide bonds. The van der Waals surface area contributed by atoms with Crippen molar-refractivity contribution in [1.29, 1.82) is 0 Å². The Labute approximate surface area is 428 Å². The van der Waals surface area contributed by atoms with Crippen molar-refractivity contribution in [2.24, 2.45) is 45.3 Å². The predicted molar refractivity (Wildman–Crippen MR) is 254 cm³/mol. The van der Waals surface area contributed by atoms with Crippen LogP contribution >= 0.6 is 0 Å². The lowest BCUT2D eigenvalue weighted by Gasteiger charge is -2.71. The van der Waals surface area contributed by atoms with E-state index in [9.17, 15) is 66.4 Å². The lowest BCUT2D eigenvalue weighted by molar-refractivity contribution is -0.351. The lowest BCUT2D eigenvalue weighted by Crippen LogP contribution is -2.67. The molecular formula is C52H88O21. The fourth-order valence-corrected chi connectivity index (χ4v) is 15.7. The number of hydrogen-bond donors (Lipinski definition) is 13. The largest absolute Gasteiger partial charge is 0.394 e. The van der Waals surface area contributed by atoms with E-state index in [1.165, 1.54) is 0 Å². The molecule has 422 valence electrons. The molecule has 0 bridgehead atoms. The van der Waals surface area contributed by atoms with Gasteiger partial charge >= 0.3 is 0 Å². The van der Waals surface area contributed by atoms with Crippen LogP contribution in [0.2, 0.25) is 0 Å². The topological polar surface area (TPSA) is 337 Å². The maximum atomic E-state index is 12.7. The molecule has 4 aliphatic heterocycles. The first-order chi connectivity index (χ1) is 34.1. The zero-order chi connectivity index (χ0) is 53.5. The maximum absolute atomic E-state index is 12.7. The third kappa shape index (κ3) is 10.3. The molecule has 28 atom stereocenters.